The van der Waals surface area contributed by atoms with E-state index in [1.165, 1.54) is 0 Å². The second-order valence-electron chi connectivity index (χ2n) is 3.89. The first-order valence-corrected chi connectivity index (χ1v) is 5.72. The maximum absolute atomic E-state index is 5.64. The van der Waals surface area contributed by atoms with Crippen LogP contribution in [-0.2, 0) is 13.1 Å². The van der Waals surface area contributed by atoms with Crippen LogP contribution in [0.15, 0.2) is 16.7 Å². The van der Waals surface area contributed by atoms with Crippen LogP contribution in [0.5, 0.6) is 0 Å². The molecule has 0 spiro atoms. The van der Waals surface area contributed by atoms with Crippen molar-refractivity contribution in [3.8, 4) is 0 Å². The van der Waals surface area contributed by atoms with Gasteiger partial charge >= 0.3 is 0 Å². The summed E-state index contributed by atoms with van der Waals surface area (Å²) in [6.07, 6.45) is 2.88. The van der Waals surface area contributed by atoms with Gasteiger partial charge in [-0.3, -0.25) is 4.90 Å². The molecule has 1 unspecified atom stereocenters. The van der Waals surface area contributed by atoms with Crippen molar-refractivity contribution in [2.75, 3.05) is 6.54 Å². The zero-order valence-corrected chi connectivity index (χ0v) is 9.99. The molecule has 1 aromatic heterocycles. The third-order valence-corrected chi connectivity index (χ3v) is 3.02. The van der Waals surface area contributed by atoms with Gasteiger partial charge in [0.15, 0.2) is 0 Å². The highest BCUT2D eigenvalue weighted by atomic mass is 16.3. The van der Waals surface area contributed by atoms with Gasteiger partial charge < -0.3 is 10.2 Å². The monoisotopic (exact) mass is 210 g/mol. The first-order valence-electron chi connectivity index (χ1n) is 5.72. The van der Waals surface area contributed by atoms with E-state index in [9.17, 15) is 0 Å². The molecular formula is C12H22N2O. The molecular weight excluding hydrogens is 188 g/mol. The molecule has 15 heavy (non-hydrogen) atoms. The standard InChI is InChI=1S/C12H22N2O/c1-4-10(3)14(5-2)9-12-11(8-13)6-7-15-12/h6-7,10H,4-5,8-9,13H2,1-3H3. The molecule has 0 radical (unpaired) electrons. The van der Waals surface area contributed by atoms with Gasteiger partial charge in [0, 0.05) is 18.2 Å². The van der Waals surface area contributed by atoms with E-state index >= 15 is 0 Å². The van der Waals surface area contributed by atoms with Crippen LogP contribution in [0.3, 0.4) is 0 Å². The van der Waals surface area contributed by atoms with Gasteiger partial charge in [-0.2, -0.15) is 0 Å². The number of nitrogens with zero attached hydrogens (tertiary/aromatic N) is 1. The number of rotatable bonds is 6. The molecule has 0 saturated carbocycles. The van der Waals surface area contributed by atoms with Crippen LogP contribution >= 0.6 is 0 Å². The second-order valence-corrected chi connectivity index (χ2v) is 3.89. The Morgan fingerprint density at radius 3 is 2.73 bits per heavy atom. The molecule has 0 aromatic carbocycles. The molecule has 3 nitrogen and oxygen atoms in total. The summed E-state index contributed by atoms with van der Waals surface area (Å²) in [6, 6.07) is 2.55. The molecule has 1 rings (SSSR count). The van der Waals surface area contributed by atoms with E-state index in [1.807, 2.05) is 6.07 Å². The maximum atomic E-state index is 5.64. The van der Waals surface area contributed by atoms with Crippen molar-refractivity contribution >= 4 is 0 Å². The van der Waals surface area contributed by atoms with Gasteiger partial charge in [0.05, 0.1) is 12.8 Å². The van der Waals surface area contributed by atoms with Crippen LogP contribution in [0.4, 0.5) is 0 Å². The minimum Gasteiger partial charge on any atom is -0.468 e. The zero-order valence-electron chi connectivity index (χ0n) is 9.99. The summed E-state index contributed by atoms with van der Waals surface area (Å²) in [5.74, 6) is 1.01. The second kappa shape index (κ2) is 5.93. The van der Waals surface area contributed by atoms with Crippen molar-refractivity contribution < 1.29 is 4.42 Å². The van der Waals surface area contributed by atoms with E-state index in [4.69, 9.17) is 10.2 Å². The minimum atomic E-state index is 0.559. The fourth-order valence-electron chi connectivity index (χ4n) is 1.71. The predicted molar refractivity (Wildman–Crippen MR) is 62.4 cm³/mol. The Labute approximate surface area is 92.2 Å². The van der Waals surface area contributed by atoms with E-state index in [1.54, 1.807) is 6.26 Å². The van der Waals surface area contributed by atoms with Gasteiger partial charge in [0.2, 0.25) is 0 Å². The number of nitrogens with two attached hydrogens (primary N) is 1. The van der Waals surface area contributed by atoms with Crippen molar-refractivity contribution in [2.45, 2.75) is 46.3 Å². The lowest BCUT2D eigenvalue weighted by atomic mass is 10.2. The smallest absolute Gasteiger partial charge is 0.122 e. The molecule has 0 aliphatic carbocycles. The molecule has 1 heterocycles. The molecule has 2 N–H and O–H groups in total. The number of furan rings is 1. The molecule has 1 atom stereocenters. The van der Waals surface area contributed by atoms with Gasteiger partial charge in [-0.15, -0.1) is 0 Å². The average molecular weight is 210 g/mol. The van der Waals surface area contributed by atoms with Gasteiger partial charge in [0.1, 0.15) is 5.76 Å². The Hall–Kier alpha value is -0.800. The first-order chi connectivity index (χ1) is 7.22. The largest absolute Gasteiger partial charge is 0.468 e. The fraction of sp³-hybridized carbons (Fsp3) is 0.667. The Balaban J connectivity index is 2.66. The van der Waals surface area contributed by atoms with E-state index in [-0.39, 0.29) is 0 Å². The topological polar surface area (TPSA) is 42.4 Å². The van der Waals surface area contributed by atoms with Crippen LogP contribution in [0.25, 0.3) is 0 Å². The summed E-state index contributed by atoms with van der Waals surface area (Å²) < 4.78 is 5.46. The Morgan fingerprint density at radius 2 is 2.20 bits per heavy atom. The molecule has 0 amide bonds. The van der Waals surface area contributed by atoms with Gasteiger partial charge in [-0.25, -0.2) is 0 Å². The fourth-order valence-corrected chi connectivity index (χ4v) is 1.71. The summed E-state index contributed by atoms with van der Waals surface area (Å²) in [6.45, 7) is 9.10. The molecule has 3 heteroatoms. The summed E-state index contributed by atoms with van der Waals surface area (Å²) >= 11 is 0. The Bertz CT molecular complexity index is 283. The molecule has 0 aliphatic heterocycles. The van der Waals surface area contributed by atoms with Gasteiger partial charge in [-0.05, 0) is 26.0 Å². The van der Waals surface area contributed by atoms with Crippen LogP contribution in [0.2, 0.25) is 0 Å². The number of hydrogen-bond donors (Lipinski definition) is 1. The summed E-state index contributed by atoms with van der Waals surface area (Å²) in [4.78, 5) is 2.40. The lowest BCUT2D eigenvalue weighted by Gasteiger charge is -2.26. The van der Waals surface area contributed by atoms with Crippen molar-refractivity contribution in [2.24, 2.45) is 5.73 Å². The third-order valence-electron chi connectivity index (χ3n) is 3.02. The Kier molecular flexibility index (Phi) is 4.85. The van der Waals surface area contributed by atoms with E-state index < -0.39 is 0 Å². The van der Waals surface area contributed by atoms with Crippen molar-refractivity contribution in [3.63, 3.8) is 0 Å². The van der Waals surface area contributed by atoms with Gasteiger partial charge in [0.25, 0.3) is 0 Å². The molecule has 0 saturated heterocycles. The van der Waals surface area contributed by atoms with Crippen LogP contribution in [0, 0.1) is 0 Å². The third kappa shape index (κ3) is 3.08. The number of hydrogen-bond acceptors (Lipinski definition) is 3. The molecule has 0 aliphatic rings. The van der Waals surface area contributed by atoms with Gasteiger partial charge in [-0.1, -0.05) is 13.8 Å². The summed E-state index contributed by atoms with van der Waals surface area (Å²) in [7, 11) is 0. The van der Waals surface area contributed by atoms with E-state index in [0.717, 1.165) is 30.8 Å². The lowest BCUT2D eigenvalue weighted by Crippen LogP contribution is -2.32. The highest BCUT2D eigenvalue weighted by Crippen LogP contribution is 2.15. The van der Waals surface area contributed by atoms with E-state index in [2.05, 4.69) is 25.7 Å². The maximum Gasteiger partial charge on any atom is 0.122 e. The van der Waals surface area contributed by atoms with E-state index in [0.29, 0.717) is 12.6 Å². The molecule has 0 fully saturated rings. The normalized spacial score (nSPS) is 13.4. The molecule has 1 aromatic rings. The highest BCUT2D eigenvalue weighted by Gasteiger charge is 2.14. The average Bonchev–Trinajstić information content (AvgIpc) is 2.71. The van der Waals surface area contributed by atoms with Crippen LogP contribution in [-0.4, -0.2) is 17.5 Å². The van der Waals surface area contributed by atoms with Crippen molar-refractivity contribution in [3.05, 3.63) is 23.7 Å². The quantitative estimate of drug-likeness (QED) is 0.783. The van der Waals surface area contributed by atoms with Crippen LogP contribution in [0.1, 0.15) is 38.5 Å². The Morgan fingerprint density at radius 1 is 1.47 bits per heavy atom. The summed E-state index contributed by atoms with van der Waals surface area (Å²) in [5, 5.41) is 0. The van der Waals surface area contributed by atoms with Crippen molar-refractivity contribution in [1.29, 1.82) is 0 Å². The molecule has 86 valence electrons. The summed E-state index contributed by atoms with van der Waals surface area (Å²) in [5.41, 5.74) is 6.76. The first kappa shape index (κ1) is 12.3. The predicted octanol–water partition coefficient (Wildman–Crippen LogP) is 2.36. The lowest BCUT2D eigenvalue weighted by molar-refractivity contribution is 0.190. The van der Waals surface area contributed by atoms with Crippen molar-refractivity contribution in [1.82, 2.24) is 4.90 Å². The molecule has 0 bridgehead atoms. The zero-order chi connectivity index (χ0) is 11.3. The minimum absolute atomic E-state index is 0.559. The SMILES string of the molecule is CCC(C)N(CC)Cc1occc1CN. The highest BCUT2D eigenvalue weighted by molar-refractivity contribution is 5.16. The van der Waals surface area contributed by atoms with Crippen LogP contribution < -0.4 is 5.73 Å².